The lowest BCUT2D eigenvalue weighted by Crippen LogP contribution is -2.31. The van der Waals surface area contributed by atoms with Gasteiger partial charge in [-0.1, -0.05) is 187 Å². The molecule has 0 unspecified atom stereocenters. The van der Waals surface area contributed by atoms with Crippen molar-refractivity contribution in [2.75, 3.05) is 0 Å². The number of pyridine rings is 1. The molecule has 0 saturated heterocycles. The Kier molecular flexibility index (Phi) is 10.7. The van der Waals surface area contributed by atoms with Gasteiger partial charge in [0.1, 0.15) is 17.3 Å². The van der Waals surface area contributed by atoms with Gasteiger partial charge in [0.05, 0.1) is 33.4 Å². The van der Waals surface area contributed by atoms with Crippen molar-refractivity contribution in [1.82, 2.24) is 14.1 Å². The minimum Gasteiger partial charge on any atom is -0.458 e. The molecule has 3 aromatic heterocycles. The topological polar surface area (TPSA) is 35.9 Å². The first-order valence-electron chi connectivity index (χ1n) is 23.6. The van der Waals surface area contributed by atoms with Gasteiger partial charge in [-0.05, 0) is 105 Å². The van der Waals surface area contributed by atoms with Gasteiger partial charge in [-0.2, -0.15) is 0 Å². The molecule has 0 saturated carbocycles. The van der Waals surface area contributed by atoms with Crippen LogP contribution >= 0.6 is 0 Å². The number of hydrogen-bond acceptors (Lipinski definition) is 2. The van der Waals surface area contributed by atoms with Gasteiger partial charge < -0.3 is 4.74 Å². The highest BCUT2D eigenvalue weighted by molar-refractivity contribution is 6.10. The van der Waals surface area contributed by atoms with Gasteiger partial charge in [0.2, 0.25) is 0 Å². The van der Waals surface area contributed by atoms with E-state index in [-0.39, 0.29) is 10.8 Å². The molecule has 0 aliphatic heterocycles. The maximum atomic E-state index is 6.87. The zero-order chi connectivity index (χ0) is 46.6. The van der Waals surface area contributed by atoms with Crippen molar-refractivity contribution >= 4 is 32.8 Å². The van der Waals surface area contributed by atoms with E-state index in [9.17, 15) is 0 Å². The van der Waals surface area contributed by atoms with Crippen LogP contribution in [-0.4, -0.2) is 14.1 Å². The van der Waals surface area contributed by atoms with Gasteiger partial charge in [0.25, 0.3) is 6.33 Å². The molecule has 0 aliphatic carbocycles. The lowest BCUT2D eigenvalue weighted by atomic mass is 9.85. The molecule has 0 N–H and O–H groups in total. The SMILES string of the molecule is CC(C)(C)Cc1cc(-n2c3ccc(C(C)(C)C)cc3c3ccc(Oc4cccc(-n5[c-][n+](-c6c(-c7ccccc7)cccc6-c6ccccc6)c6ccccc65)c4)cc32)ncc1-c1ccccc1. The third kappa shape index (κ3) is 8.04. The lowest BCUT2D eigenvalue weighted by molar-refractivity contribution is -0.571. The number of rotatable bonds is 9. The standard InChI is InChI=1S/C63H54N4O/c1-62(2,3)40-46-36-60(64-41-55(46)45-24-14-9-15-25-45)67-56-35-32-47(63(4,5)6)37-54(56)53-34-33-50(39-59(53)67)68-49-27-18-26-48(38-49)65-42-66(58-31-17-16-30-57(58)65)61-51(43-20-10-7-11-21-43)28-19-29-52(61)44-22-12-8-13-23-44/h7-39,41H,40H2,1-6H3. The summed E-state index contributed by atoms with van der Waals surface area (Å²) < 4.78 is 13.6. The Morgan fingerprint density at radius 1 is 0.515 bits per heavy atom. The molecule has 5 heteroatoms. The van der Waals surface area contributed by atoms with Gasteiger partial charge in [-0.25, -0.2) is 4.98 Å². The Labute approximate surface area is 399 Å². The highest BCUT2D eigenvalue weighted by Crippen LogP contribution is 2.40. The third-order valence-electron chi connectivity index (χ3n) is 12.9. The molecule has 0 fully saturated rings. The molecule has 332 valence electrons. The molecule has 0 spiro atoms. The van der Waals surface area contributed by atoms with Gasteiger partial charge in [-0.3, -0.25) is 13.7 Å². The number of para-hydroxylation sites is 3. The molecule has 0 amide bonds. The number of aromatic nitrogens is 4. The first-order chi connectivity index (χ1) is 33.0. The van der Waals surface area contributed by atoms with Crippen molar-refractivity contribution in [2.45, 2.75) is 53.4 Å². The predicted octanol–water partition coefficient (Wildman–Crippen LogP) is 15.9. The number of nitrogens with zero attached hydrogens (tertiary/aromatic N) is 4. The second-order valence-electron chi connectivity index (χ2n) is 20.1. The van der Waals surface area contributed by atoms with E-state index in [2.05, 4.69) is 262 Å². The second kappa shape index (κ2) is 17.0. The number of benzene rings is 8. The Hall–Kier alpha value is -8.02. The summed E-state index contributed by atoms with van der Waals surface area (Å²) in [5, 5.41) is 2.35. The monoisotopic (exact) mass is 882 g/mol. The molecular formula is C63H54N4O. The van der Waals surface area contributed by atoms with Crippen LogP contribution in [0.4, 0.5) is 0 Å². The van der Waals surface area contributed by atoms with Crippen LogP contribution in [0.1, 0.15) is 52.7 Å². The van der Waals surface area contributed by atoms with Crippen LogP contribution in [0, 0.1) is 11.7 Å². The van der Waals surface area contributed by atoms with E-state index in [1.807, 2.05) is 6.07 Å². The molecule has 0 aliphatic rings. The number of fused-ring (bicyclic) bond motifs is 4. The zero-order valence-corrected chi connectivity index (χ0v) is 39.5. The smallest absolute Gasteiger partial charge is 0.269 e. The summed E-state index contributed by atoms with van der Waals surface area (Å²) in [6, 6.07) is 70.9. The quantitative estimate of drug-likeness (QED) is 0.107. The fraction of sp³-hybridized carbons (Fsp3) is 0.143. The first kappa shape index (κ1) is 42.6. The summed E-state index contributed by atoms with van der Waals surface area (Å²) in [7, 11) is 0. The predicted molar refractivity (Wildman–Crippen MR) is 280 cm³/mol. The third-order valence-corrected chi connectivity index (χ3v) is 12.9. The summed E-state index contributed by atoms with van der Waals surface area (Å²) in [5.74, 6) is 2.36. The van der Waals surface area contributed by atoms with Crippen LogP contribution in [0.15, 0.2) is 206 Å². The highest BCUT2D eigenvalue weighted by Gasteiger charge is 2.23. The molecule has 0 atom stereocenters. The summed E-state index contributed by atoms with van der Waals surface area (Å²) in [4.78, 5) is 5.23. The molecule has 5 nitrogen and oxygen atoms in total. The van der Waals surface area contributed by atoms with Crippen LogP contribution in [0.2, 0.25) is 0 Å². The Bertz CT molecular complexity index is 3570. The Morgan fingerprint density at radius 3 is 1.79 bits per heavy atom. The van der Waals surface area contributed by atoms with Gasteiger partial charge in [0.15, 0.2) is 0 Å². The summed E-state index contributed by atoms with van der Waals surface area (Å²) >= 11 is 0. The molecular weight excluding hydrogens is 829 g/mol. The van der Waals surface area contributed by atoms with Crippen molar-refractivity contribution in [3.05, 3.63) is 224 Å². The van der Waals surface area contributed by atoms with Gasteiger partial charge in [0, 0.05) is 28.6 Å². The van der Waals surface area contributed by atoms with Crippen LogP contribution in [0.3, 0.4) is 0 Å². The van der Waals surface area contributed by atoms with Gasteiger partial charge >= 0.3 is 0 Å². The van der Waals surface area contributed by atoms with Crippen molar-refractivity contribution in [3.63, 3.8) is 0 Å². The van der Waals surface area contributed by atoms with Crippen molar-refractivity contribution < 1.29 is 9.30 Å². The zero-order valence-electron chi connectivity index (χ0n) is 39.5. The summed E-state index contributed by atoms with van der Waals surface area (Å²) in [6.45, 7) is 13.7. The fourth-order valence-electron chi connectivity index (χ4n) is 9.70. The maximum Gasteiger partial charge on any atom is 0.269 e. The largest absolute Gasteiger partial charge is 0.458 e. The molecule has 0 bridgehead atoms. The summed E-state index contributed by atoms with van der Waals surface area (Å²) in [5.41, 5.74) is 15.7. The number of hydrogen-bond donors (Lipinski definition) is 0. The van der Waals surface area contributed by atoms with E-state index in [0.717, 1.165) is 84.8 Å². The molecule has 11 rings (SSSR count). The van der Waals surface area contributed by atoms with E-state index in [1.54, 1.807) is 0 Å². The average Bonchev–Trinajstić information content (AvgIpc) is 3.89. The highest BCUT2D eigenvalue weighted by atomic mass is 16.5. The van der Waals surface area contributed by atoms with Crippen LogP contribution < -0.4 is 9.30 Å². The average molecular weight is 883 g/mol. The number of imidazole rings is 1. The van der Waals surface area contributed by atoms with E-state index in [1.165, 1.54) is 27.6 Å². The van der Waals surface area contributed by atoms with Crippen molar-refractivity contribution in [1.29, 1.82) is 0 Å². The molecule has 8 aromatic carbocycles. The molecule has 0 radical (unpaired) electrons. The fourth-order valence-corrected chi connectivity index (χ4v) is 9.70. The normalized spacial score (nSPS) is 12.0. The van der Waals surface area contributed by atoms with Crippen LogP contribution in [-0.2, 0) is 11.8 Å². The van der Waals surface area contributed by atoms with Crippen molar-refractivity contribution in [2.24, 2.45) is 5.41 Å². The maximum absolute atomic E-state index is 6.87. The minimum atomic E-state index is -0.0106. The van der Waals surface area contributed by atoms with E-state index in [0.29, 0.717) is 0 Å². The summed E-state index contributed by atoms with van der Waals surface area (Å²) in [6.07, 6.45) is 6.78. The molecule has 3 heterocycles. The van der Waals surface area contributed by atoms with Crippen LogP contribution in [0.25, 0.3) is 83.4 Å². The second-order valence-corrected chi connectivity index (χ2v) is 20.1. The minimum absolute atomic E-state index is 0.0106. The molecule has 11 aromatic rings. The lowest BCUT2D eigenvalue weighted by Gasteiger charge is -2.22. The van der Waals surface area contributed by atoms with Gasteiger partial charge in [-0.15, -0.1) is 0 Å². The van der Waals surface area contributed by atoms with E-state index >= 15 is 0 Å². The first-order valence-corrected chi connectivity index (χ1v) is 23.6. The van der Waals surface area contributed by atoms with Crippen LogP contribution in [0.5, 0.6) is 11.5 Å². The Balaban J connectivity index is 1.03. The number of ether oxygens (including phenoxy) is 1. The van der Waals surface area contributed by atoms with E-state index < -0.39 is 0 Å². The molecule has 68 heavy (non-hydrogen) atoms. The van der Waals surface area contributed by atoms with E-state index in [4.69, 9.17) is 9.72 Å². The van der Waals surface area contributed by atoms with Crippen molar-refractivity contribution in [3.8, 4) is 62.1 Å². The Morgan fingerprint density at radius 2 is 1.13 bits per heavy atom.